The average molecular weight is 320 g/mol. The minimum atomic E-state index is -3.21. The van der Waals surface area contributed by atoms with Gasteiger partial charge in [-0.05, 0) is 30.7 Å². The van der Waals surface area contributed by atoms with Crippen molar-refractivity contribution in [1.29, 1.82) is 0 Å². The maximum atomic E-state index is 11.8. The molecule has 17 heavy (non-hydrogen) atoms. The smallest absolute Gasteiger partial charge is 0.221 e. The van der Waals surface area contributed by atoms with Crippen molar-refractivity contribution in [2.75, 3.05) is 16.4 Å². The normalized spacial score (nSPS) is 11.2. The molecule has 1 amide bonds. The maximum absolute atomic E-state index is 11.8. The van der Waals surface area contributed by atoms with Gasteiger partial charge in [-0.3, -0.25) is 4.79 Å². The van der Waals surface area contributed by atoms with Crippen LogP contribution in [0.4, 0.5) is 5.69 Å². The molecule has 0 aliphatic rings. The fourth-order valence-corrected chi connectivity index (χ4v) is 3.27. The van der Waals surface area contributed by atoms with Gasteiger partial charge in [0, 0.05) is 17.9 Å². The SMILES string of the molecule is CC(=O)Nc1ccc(S(=O)(=O)CCCBr)cc1. The molecule has 0 aromatic heterocycles. The van der Waals surface area contributed by atoms with Crippen LogP contribution in [0.1, 0.15) is 13.3 Å². The molecule has 0 fully saturated rings. The summed E-state index contributed by atoms with van der Waals surface area (Å²) in [5, 5.41) is 3.25. The Morgan fingerprint density at radius 2 is 1.88 bits per heavy atom. The van der Waals surface area contributed by atoms with Crippen LogP contribution in [0.5, 0.6) is 0 Å². The van der Waals surface area contributed by atoms with E-state index in [-0.39, 0.29) is 16.6 Å². The predicted octanol–water partition coefficient (Wildman–Crippen LogP) is 2.20. The molecular weight excluding hydrogens is 306 g/mol. The number of rotatable bonds is 5. The maximum Gasteiger partial charge on any atom is 0.221 e. The van der Waals surface area contributed by atoms with Crippen LogP contribution in [0.25, 0.3) is 0 Å². The molecule has 0 radical (unpaired) electrons. The van der Waals surface area contributed by atoms with Crippen molar-refractivity contribution in [2.24, 2.45) is 0 Å². The zero-order chi connectivity index (χ0) is 12.9. The summed E-state index contributed by atoms with van der Waals surface area (Å²) in [5.41, 5.74) is 0.594. The molecule has 0 unspecified atom stereocenters. The Kier molecular flexibility index (Phi) is 5.14. The first-order chi connectivity index (χ1) is 7.95. The second-order valence-corrected chi connectivity index (χ2v) is 6.47. The highest BCUT2D eigenvalue weighted by molar-refractivity contribution is 9.09. The van der Waals surface area contributed by atoms with Crippen molar-refractivity contribution in [1.82, 2.24) is 0 Å². The number of amides is 1. The van der Waals surface area contributed by atoms with Gasteiger partial charge in [-0.25, -0.2) is 8.42 Å². The summed E-state index contributed by atoms with van der Waals surface area (Å²) in [5.74, 6) is -0.0579. The number of halogens is 1. The van der Waals surface area contributed by atoms with Crippen LogP contribution in [0.15, 0.2) is 29.2 Å². The molecule has 6 heteroatoms. The van der Waals surface area contributed by atoms with Crippen molar-refractivity contribution in [3.63, 3.8) is 0 Å². The van der Waals surface area contributed by atoms with E-state index in [0.717, 1.165) is 0 Å². The highest BCUT2D eigenvalue weighted by Crippen LogP contribution is 2.16. The van der Waals surface area contributed by atoms with Crippen LogP contribution in [0.3, 0.4) is 0 Å². The van der Waals surface area contributed by atoms with Gasteiger partial charge < -0.3 is 5.32 Å². The molecule has 1 rings (SSSR count). The molecule has 0 heterocycles. The number of anilines is 1. The molecule has 0 aliphatic heterocycles. The highest BCUT2D eigenvalue weighted by atomic mass is 79.9. The zero-order valence-corrected chi connectivity index (χ0v) is 11.8. The third kappa shape index (κ3) is 4.47. The Morgan fingerprint density at radius 3 is 2.35 bits per heavy atom. The molecular formula is C11H14BrNO3S. The first-order valence-corrected chi connectivity index (χ1v) is 7.89. The van der Waals surface area contributed by atoms with Crippen LogP contribution < -0.4 is 5.32 Å². The lowest BCUT2D eigenvalue weighted by Crippen LogP contribution is -2.08. The highest BCUT2D eigenvalue weighted by Gasteiger charge is 2.13. The number of alkyl halides is 1. The monoisotopic (exact) mass is 319 g/mol. The molecule has 0 atom stereocenters. The van der Waals surface area contributed by atoms with E-state index in [4.69, 9.17) is 0 Å². The first kappa shape index (κ1) is 14.2. The summed E-state index contributed by atoms with van der Waals surface area (Å²) in [6.07, 6.45) is 0.579. The fourth-order valence-electron chi connectivity index (χ4n) is 1.31. The van der Waals surface area contributed by atoms with Gasteiger partial charge in [-0.15, -0.1) is 0 Å². The van der Waals surface area contributed by atoms with Crippen molar-refractivity contribution in [2.45, 2.75) is 18.2 Å². The number of sulfone groups is 1. The molecule has 1 aromatic rings. The third-order valence-corrected chi connectivity index (χ3v) is 4.46. The van der Waals surface area contributed by atoms with Crippen LogP contribution in [-0.4, -0.2) is 25.4 Å². The van der Waals surface area contributed by atoms with Crippen LogP contribution in [0, 0.1) is 0 Å². The molecule has 0 bridgehead atoms. The number of nitrogens with one attached hydrogen (secondary N) is 1. The number of carbonyl (C=O) groups is 1. The van der Waals surface area contributed by atoms with Gasteiger partial charge >= 0.3 is 0 Å². The Balaban J connectivity index is 2.83. The van der Waals surface area contributed by atoms with Gasteiger partial charge in [-0.1, -0.05) is 15.9 Å². The van der Waals surface area contributed by atoms with Crippen LogP contribution in [0.2, 0.25) is 0 Å². The van der Waals surface area contributed by atoms with Gasteiger partial charge in [0.2, 0.25) is 5.91 Å². The van der Waals surface area contributed by atoms with Crippen LogP contribution in [-0.2, 0) is 14.6 Å². The summed E-state index contributed by atoms with van der Waals surface area (Å²) in [4.78, 5) is 11.1. The molecule has 0 spiro atoms. The summed E-state index contributed by atoms with van der Waals surface area (Å²) in [6.45, 7) is 1.40. The molecule has 1 aromatic carbocycles. The van der Waals surface area contributed by atoms with Crippen LogP contribution >= 0.6 is 15.9 Å². The van der Waals surface area contributed by atoms with Crippen molar-refractivity contribution < 1.29 is 13.2 Å². The average Bonchev–Trinajstić information content (AvgIpc) is 2.26. The van der Waals surface area contributed by atoms with E-state index in [9.17, 15) is 13.2 Å². The third-order valence-electron chi connectivity index (χ3n) is 2.08. The van der Waals surface area contributed by atoms with E-state index in [1.54, 1.807) is 12.1 Å². The standard InChI is InChI=1S/C11H14BrNO3S/c1-9(14)13-10-3-5-11(6-4-10)17(15,16)8-2-7-12/h3-6H,2,7-8H2,1H3,(H,13,14). The van der Waals surface area contributed by atoms with Gasteiger partial charge in [-0.2, -0.15) is 0 Å². The first-order valence-electron chi connectivity index (χ1n) is 5.12. The number of benzene rings is 1. The van der Waals surface area contributed by atoms with Gasteiger partial charge in [0.1, 0.15) is 0 Å². The minimum Gasteiger partial charge on any atom is -0.326 e. The molecule has 0 saturated carbocycles. The Hall–Kier alpha value is -0.880. The van der Waals surface area contributed by atoms with Crippen molar-refractivity contribution in [3.8, 4) is 0 Å². The predicted molar refractivity (Wildman–Crippen MR) is 71.2 cm³/mol. The molecule has 0 aliphatic carbocycles. The molecule has 4 nitrogen and oxygen atoms in total. The minimum absolute atomic E-state index is 0.123. The lowest BCUT2D eigenvalue weighted by Gasteiger charge is -2.05. The summed E-state index contributed by atoms with van der Waals surface area (Å²) < 4.78 is 23.6. The Bertz CT molecular complexity index is 482. The van der Waals surface area contributed by atoms with Crippen molar-refractivity contribution >= 4 is 37.4 Å². The van der Waals surface area contributed by atoms with Gasteiger partial charge in [0.15, 0.2) is 9.84 Å². The number of hydrogen-bond donors (Lipinski definition) is 1. The van der Waals surface area contributed by atoms with Crippen molar-refractivity contribution in [3.05, 3.63) is 24.3 Å². The molecule has 1 N–H and O–H groups in total. The summed E-state index contributed by atoms with van der Waals surface area (Å²) in [6, 6.07) is 6.19. The number of hydrogen-bond acceptors (Lipinski definition) is 3. The molecule has 0 saturated heterocycles. The quantitative estimate of drug-likeness (QED) is 0.846. The van der Waals surface area contributed by atoms with Gasteiger partial charge in [0.05, 0.1) is 10.6 Å². The Morgan fingerprint density at radius 1 is 1.29 bits per heavy atom. The second-order valence-electron chi connectivity index (χ2n) is 3.57. The van der Waals surface area contributed by atoms with E-state index >= 15 is 0 Å². The van der Waals surface area contributed by atoms with E-state index in [0.29, 0.717) is 17.4 Å². The summed E-state index contributed by atoms with van der Waals surface area (Å²) in [7, 11) is -3.21. The zero-order valence-electron chi connectivity index (χ0n) is 9.44. The summed E-state index contributed by atoms with van der Waals surface area (Å²) >= 11 is 3.20. The number of carbonyl (C=O) groups excluding carboxylic acids is 1. The van der Waals surface area contributed by atoms with E-state index in [1.807, 2.05) is 0 Å². The van der Waals surface area contributed by atoms with E-state index in [1.165, 1.54) is 19.1 Å². The molecule has 94 valence electrons. The Labute approximate surface area is 109 Å². The topological polar surface area (TPSA) is 63.2 Å². The lowest BCUT2D eigenvalue weighted by molar-refractivity contribution is -0.114. The largest absolute Gasteiger partial charge is 0.326 e. The van der Waals surface area contributed by atoms with Gasteiger partial charge in [0.25, 0.3) is 0 Å². The second kappa shape index (κ2) is 6.16. The van der Waals surface area contributed by atoms with E-state index < -0.39 is 9.84 Å². The lowest BCUT2D eigenvalue weighted by atomic mass is 10.3. The van der Waals surface area contributed by atoms with E-state index in [2.05, 4.69) is 21.2 Å². The fraction of sp³-hybridized carbons (Fsp3) is 0.364.